The maximum atomic E-state index is 12.5. The number of amides is 2. The van der Waals surface area contributed by atoms with Gasteiger partial charge in [-0.3, -0.25) is 19.4 Å². The maximum absolute atomic E-state index is 12.5. The minimum Gasteiger partial charge on any atom is -0.468 e. The van der Waals surface area contributed by atoms with Crippen LogP contribution in [0.1, 0.15) is 18.6 Å². The molecule has 0 radical (unpaired) electrons. The SMILES string of the molecule is NC(=O)C1CCN(CC(=O)N2CCN(Cc3ccco3)CC2)CC1. The summed E-state index contributed by atoms with van der Waals surface area (Å²) < 4.78 is 5.37. The number of hydrogen-bond donors (Lipinski definition) is 1. The van der Waals surface area contributed by atoms with Gasteiger partial charge in [0.25, 0.3) is 0 Å². The van der Waals surface area contributed by atoms with E-state index in [1.807, 2.05) is 17.0 Å². The van der Waals surface area contributed by atoms with Gasteiger partial charge in [-0.05, 0) is 38.1 Å². The van der Waals surface area contributed by atoms with E-state index in [-0.39, 0.29) is 17.7 Å². The molecule has 0 aliphatic carbocycles. The van der Waals surface area contributed by atoms with Gasteiger partial charge < -0.3 is 15.1 Å². The van der Waals surface area contributed by atoms with Gasteiger partial charge in [-0.2, -0.15) is 0 Å². The lowest BCUT2D eigenvalue weighted by Crippen LogP contribution is -2.51. The molecule has 1 aromatic heterocycles. The molecule has 2 N–H and O–H groups in total. The quantitative estimate of drug-likeness (QED) is 0.827. The summed E-state index contributed by atoms with van der Waals surface area (Å²) in [7, 11) is 0. The summed E-state index contributed by atoms with van der Waals surface area (Å²) in [5.41, 5.74) is 5.35. The van der Waals surface area contributed by atoms with Crippen LogP contribution in [-0.2, 0) is 16.1 Å². The summed E-state index contributed by atoms with van der Waals surface area (Å²) in [6.45, 7) is 6.07. The van der Waals surface area contributed by atoms with Crippen molar-refractivity contribution >= 4 is 11.8 Å². The molecule has 3 heterocycles. The predicted octanol–water partition coefficient (Wildman–Crippen LogP) is 0.121. The minimum absolute atomic E-state index is 0.0264. The van der Waals surface area contributed by atoms with Gasteiger partial charge in [-0.15, -0.1) is 0 Å². The van der Waals surface area contributed by atoms with Gasteiger partial charge in [0.1, 0.15) is 5.76 Å². The Labute approximate surface area is 142 Å². The number of carbonyl (C=O) groups excluding carboxylic acids is 2. The fraction of sp³-hybridized carbons (Fsp3) is 0.647. The van der Waals surface area contributed by atoms with Gasteiger partial charge in [0.15, 0.2) is 0 Å². The molecule has 7 heteroatoms. The lowest BCUT2D eigenvalue weighted by atomic mass is 9.96. The highest BCUT2D eigenvalue weighted by Gasteiger charge is 2.27. The van der Waals surface area contributed by atoms with E-state index in [1.165, 1.54) is 0 Å². The molecule has 0 atom stereocenters. The van der Waals surface area contributed by atoms with Gasteiger partial charge in [-0.1, -0.05) is 0 Å². The Morgan fingerprint density at radius 1 is 1.08 bits per heavy atom. The standard InChI is InChI=1S/C17H26N4O3/c18-17(23)14-3-5-19(6-4-14)13-16(22)21-9-7-20(8-10-21)12-15-2-1-11-24-15/h1-2,11,14H,3-10,12-13H2,(H2,18,23). The zero-order chi connectivity index (χ0) is 16.9. The Balaban J connectivity index is 1.38. The van der Waals surface area contributed by atoms with Crippen molar-refractivity contribution in [2.75, 3.05) is 45.8 Å². The first-order valence-electron chi connectivity index (χ1n) is 8.66. The molecular formula is C17H26N4O3. The van der Waals surface area contributed by atoms with E-state index in [0.717, 1.165) is 64.4 Å². The second-order valence-electron chi connectivity index (χ2n) is 6.69. The van der Waals surface area contributed by atoms with Gasteiger partial charge in [0.05, 0.1) is 19.4 Å². The molecule has 0 unspecified atom stereocenters. The number of nitrogens with two attached hydrogens (primary N) is 1. The number of rotatable bonds is 5. The number of furan rings is 1. The normalized spacial score (nSPS) is 21.1. The van der Waals surface area contributed by atoms with E-state index in [4.69, 9.17) is 10.2 Å². The average molecular weight is 334 g/mol. The van der Waals surface area contributed by atoms with Gasteiger partial charge in [0.2, 0.25) is 11.8 Å². The zero-order valence-electron chi connectivity index (χ0n) is 14.0. The van der Waals surface area contributed by atoms with Crippen LogP contribution in [-0.4, -0.2) is 72.3 Å². The number of nitrogens with zero attached hydrogens (tertiary/aromatic N) is 3. The van der Waals surface area contributed by atoms with Crippen molar-refractivity contribution in [3.63, 3.8) is 0 Å². The van der Waals surface area contributed by atoms with Crippen LogP contribution in [0, 0.1) is 5.92 Å². The number of piperazine rings is 1. The summed E-state index contributed by atoms with van der Waals surface area (Å²) in [6, 6.07) is 3.88. The van der Waals surface area contributed by atoms with Crippen molar-refractivity contribution < 1.29 is 14.0 Å². The zero-order valence-corrected chi connectivity index (χ0v) is 14.0. The first kappa shape index (κ1) is 17.0. The number of primary amides is 1. The number of likely N-dealkylation sites (tertiary alicyclic amines) is 1. The topological polar surface area (TPSA) is 83.0 Å². The molecule has 2 saturated heterocycles. The van der Waals surface area contributed by atoms with E-state index >= 15 is 0 Å². The smallest absolute Gasteiger partial charge is 0.236 e. The number of carbonyl (C=O) groups is 2. The Bertz CT molecular complexity index is 544. The van der Waals surface area contributed by atoms with Gasteiger partial charge in [-0.25, -0.2) is 0 Å². The van der Waals surface area contributed by atoms with E-state index < -0.39 is 0 Å². The molecule has 0 bridgehead atoms. The predicted molar refractivity (Wildman–Crippen MR) is 88.9 cm³/mol. The van der Waals surface area contributed by atoms with Crippen LogP contribution in [0.25, 0.3) is 0 Å². The fourth-order valence-electron chi connectivity index (χ4n) is 3.45. The summed E-state index contributed by atoms with van der Waals surface area (Å²) in [5, 5.41) is 0. The maximum Gasteiger partial charge on any atom is 0.236 e. The Morgan fingerprint density at radius 3 is 2.38 bits per heavy atom. The Kier molecular flexibility index (Phi) is 5.52. The summed E-state index contributed by atoms with van der Waals surface area (Å²) in [6.07, 6.45) is 3.22. The Morgan fingerprint density at radius 2 is 1.79 bits per heavy atom. The van der Waals surface area contributed by atoms with Crippen LogP contribution in [0.3, 0.4) is 0 Å². The van der Waals surface area contributed by atoms with Crippen LogP contribution in [0.15, 0.2) is 22.8 Å². The highest BCUT2D eigenvalue weighted by Crippen LogP contribution is 2.17. The molecule has 0 spiro atoms. The summed E-state index contributed by atoms with van der Waals surface area (Å²) >= 11 is 0. The van der Waals surface area contributed by atoms with Crippen LogP contribution in [0.2, 0.25) is 0 Å². The number of piperidine rings is 1. The lowest BCUT2D eigenvalue weighted by Gasteiger charge is -2.36. The summed E-state index contributed by atoms with van der Waals surface area (Å²) in [4.78, 5) is 30.0. The third kappa shape index (κ3) is 4.36. The Hall–Kier alpha value is -1.86. The molecule has 132 valence electrons. The molecule has 0 saturated carbocycles. The molecule has 1 aromatic rings. The minimum atomic E-state index is -0.214. The monoisotopic (exact) mass is 334 g/mol. The van der Waals surface area contributed by atoms with E-state index in [1.54, 1.807) is 6.26 Å². The lowest BCUT2D eigenvalue weighted by molar-refractivity contribution is -0.134. The highest BCUT2D eigenvalue weighted by atomic mass is 16.3. The van der Waals surface area contributed by atoms with Crippen molar-refractivity contribution in [3.8, 4) is 0 Å². The molecule has 2 fully saturated rings. The molecule has 2 amide bonds. The van der Waals surface area contributed by atoms with Crippen LogP contribution in [0.4, 0.5) is 0 Å². The highest BCUT2D eigenvalue weighted by molar-refractivity contribution is 5.79. The van der Waals surface area contributed by atoms with Crippen molar-refractivity contribution in [1.29, 1.82) is 0 Å². The second-order valence-corrected chi connectivity index (χ2v) is 6.69. The third-order valence-corrected chi connectivity index (χ3v) is 5.03. The first-order valence-corrected chi connectivity index (χ1v) is 8.66. The van der Waals surface area contributed by atoms with E-state index in [2.05, 4.69) is 9.80 Å². The van der Waals surface area contributed by atoms with Gasteiger partial charge >= 0.3 is 0 Å². The van der Waals surface area contributed by atoms with E-state index in [9.17, 15) is 9.59 Å². The van der Waals surface area contributed by atoms with Crippen LogP contribution >= 0.6 is 0 Å². The van der Waals surface area contributed by atoms with Crippen molar-refractivity contribution in [2.45, 2.75) is 19.4 Å². The molecule has 2 aliphatic heterocycles. The molecule has 7 nitrogen and oxygen atoms in total. The second kappa shape index (κ2) is 7.81. The van der Waals surface area contributed by atoms with Crippen LogP contribution < -0.4 is 5.73 Å². The largest absolute Gasteiger partial charge is 0.468 e. The first-order chi connectivity index (χ1) is 11.6. The average Bonchev–Trinajstić information content (AvgIpc) is 3.09. The van der Waals surface area contributed by atoms with Gasteiger partial charge in [0, 0.05) is 32.1 Å². The molecule has 2 aliphatic rings. The fourth-order valence-corrected chi connectivity index (χ4v) is 3.45. The molecule has 0 aromatic carbocycles. The van der Waals surface area contributed by atoms with E-state index in [0.29, 0.717) is 6.54 Å². The molecule has 24 heavy (non-hydrogen) atoms. The molecule has 3 rings (SSSR count). The summed E-state index contributed by atoms with van der Waals surface area (Å²) in [5.74, 6) is 0.910. The molecular weight excluding hydrogens is 308 g/mol. The number of hydrogen-bond acceptors (Lipinski definition) is 5. The third-order valence-electron chi connectivity index (χ3n) is 5.03. The van der Waals surface area contributed by atoms with Crippen molar-refractivity contribution in [2.24, 2.45) is 11.7 Å². The van der Waals surface area contributed by atoms with Crippen LogP contribution in [0.5, 0.6) is 0 Å². The van der Waals surface area contributed by atoms with Crippen molar-refractivity contribution in [1.82, 2.24) is 14.7 Å². The van der Waals surface area contributed by atoms with Crippen molar-refractivity contribution in [3.05, 3.63) is 24.2 Å².